The van der Waals surface area contributed by atoms with Crippen molar-refractivity contribution < 1.29 is 9.53 Å². The van der Waals surface area contributed by atoms with Gasteiger partial charge in [0.1, 0.15) is 0 Å². The van der Waals surface area contributed by atoms with Crippen LogP contribution in [0.4, 0.5) is 0 Å². The third-order valence-corrected chi connectivity index (χ3v) is 2.37. The number of rotatable bonds is 5. The van der Waals surface area contributed by atoms with Crippen LogP contribution in [-0.4, -0.2) is 26.5 Å². The molecule has 1 aromatic carbocycles. The van der Waals surface area contributed by atoms with E-state index < -0.39 is 0 Å². The number of carbonyl (C=O) groups excluding carboxylic acids is 1. The van der Waals surface area contributed by atoms with Gasteiger partial charge in [0.15, 0.2) is 5.78 Å². The largest absolute Gasteiger partial charge is 0.377 e. The van der Waals surface area contributed by atoms with Crippen LogP contribution in [0.1, 0.15) is 28.9 Å². The molecule has 15 heavy (non-hydrogen) atoms. The molecule has 1 N–H and O–H groups in total. The Labute approximate surface area is 90.4 Å². The number of benzene rings is 1. The summed E-state index contributed by atoms with van der Waals surface area (Å²) in [5, 5.41) is 2.85. The summed E-state index contributed by atoms with van der Waals surface area (Å²) in [7, 11) is 3.42. The van der Waals surface area contributed by atoms with Crippen molar-refractivity contribution in [2.75, 3.05) is 20.7 Å². The Hall–Kier alpha value is -1.19. The molecule has 82 valence electrons. The van der Waals surface area contributed by atoms with E-state index in [1.807, 2.05) is 31.2 Å². The van der Waals surface area contributed by atoms with Gasteiger partial charge in [-0.05, 0) is 25.6 Å². The fraction of sp³-hybridized carbons (Fsp3) is 0.417. The van der Waals surface area contributed by atoms with Crippen molar-refractivity contribution >= 4 is 5.78 Å². The Bertz CT molecular complexity index is 336. The zero-order valence-electron chi connectivity index (χ0n) is 9.41. The Morgan fingerprint density at radius 1 is 1.53 bits per heavy atom. The lowest BCUT2D eigenvalue weighted by molar-refractivity contribution is 0.0992. The first-order valence-electron chi connectivity index (χ1n) is 4.99. The second-order valence-corrected chi connectivity index (χ2v) is 3.46. The summed E-state index contributed by atoms with van der Waals surface area (Å²) >= 11 is 0. The molecular weight excluding hydrogens is 190 g/mol. The normalized spacial score (nSPS) is 12.5. The summed E-state index contributed by atoms with van der Waals surface area (Å²) in [6.07, 6.45) is 0.0207. The van der Waals surface area contributed by atoms with Crippen LogP contribution in [0.15, 0.2) is 24.3 Å². The van der Waals surface area contributed by atoms with Gasteiger partial charge >= 0.3 is 0 Å². The number of nitrogens with one attached hydrogen (secondary N) is 1. The van der Waals surface area contributed by atoms with E-state index in [-0.39, 0.29) is 11.9 Å². The van der Waals surface area contributed by atoms with Crippen LogP contribution in [0.5, 0.6) is 0 Å². The molecule has 0 aliphatic carbocycles. The SMILES string of the molecule is CNCC(=O)c1cccc(C(C)OC)c1. The average Bonchev–Trinajstić information content (AvgIpc) is 2.28. The molecule has 0 spiro atoms. The number of ether oxygens (including phenoxy) is 1. The van der Waals surface area contributed by atoms with Gasteiger partial charge in [0, 0.05) is 12.7 Å². The van der Waals surface area contributed by atoms with E-state index in [0.717, 1.165) is 11.1 Å². The number of ketones is 1. The highest BCUT2D eigenvalue weighted by molar-refractivity contribution is 5.97. The third-order valence-electron chi connectivity index (χ3n) is 2.37. The molecule has 0 radical (unpaired) electrons. The lowest BCUT2D eigenvalue weighted by atomic mass is 10.0. The minimum Gasteiger partial charge on any atom is -0.377 e. The van der Waals surface area contributed by atoms with Crippen LogP contribution in [0, 0.1) is 0 Å². The molecule has 3 nitrogen and oxygen atoms in total. The number of likely N-dealkylation sites (N-methyl/N-ethyl adjacent to an activating group) is 1. The van der Waals surface area contributed by atoms with Crippen molar-refractivity contribution in [2.24, 2.45) is 0 Å². The summed E-state index contributed by atoms with van der Waals surface area (Å²) in [5.74, 6) is 0.0997. The van der Waals surface area contributed by atoms with Crippen molar-refractivity contribution in [1.29, 1.82) is 0 Å². The molecule has 1 atom stereocenters. The van der Waals surface area contributed by atoms with Gasteiger partial charge in [-0.1, -0.05) is 18.2 Å². The second-order valence-electron chi connectivity index (χ2n) is 3.46. The van der Waals surface area contributed by atoms with Crippen molar-refractivity contribution in [3.63, 3.8) is 0 Å². The minimum atomic E-state index is 0.0207. The van der Waals surface area contributed by atoms with Crippen LogP contribution in [0.25, 0.3) is 0 Å². The molecular formula is C12H17NO2. The van der Waals surface area contributed by atoms with Gasteiger partial charge in [0.25, 0.3) is 0 Å². The second kappa shape index (κ2) is 5.63. The standard InChI is InChI=1S/C12H17NO2/c1-9(15-3)10-5-4-6-11(7-10)12(14)8-13-2/h4-7,9,13H,8H2,1-3H3. The van der Waals surface area contributed by atoms with Gasteiger partial charge < -0.3 is 10.1 Å². The molecule has 0 bridgehead atoms. The molecule has 0 amide bonds. The van der Waals surface area contributed by atoms with Crippen LogP contribution in [0.3, 0.4) is 0 Å². The van der Waals surface area contributed by atoms with E-state index in [0.29, 0.717) is 6.54 Å². The molecule has 3 heteroatoms. The fourth-order valence-electron chi connectivity index (χ4n) is 1.36. The first-order chi connectivity index (χ1) is 7.19. The summed E-state index contributed by atoms with van der Waals surface area (Å²) in [6.45, 7) is 2.33. The van der Waals surface area contributed by atoms with Crippen LogP contribution in [-0.2, 0) is 4.74 Å². The molecule has 0 heterocycles. The molecule has 1 unspecified atom stereocenters. The van der Waals surface area contributed by atoms with Gasteiger partial charge in [-0.25, -0.2) is 0 Å². The fourth-order valence-corrected chi connectivity index (χ4v) is 1.36. The maximum absolute atomic E-state index is 11.6. The summed E-state index contributed by atoms with van der Waals surface area (Å²) < 4.78 is 5.20. The molecule has 1 rings (SSSR count). The molecule has 0 aromatic heterocycles. The van der Waals surface area contributed by atoms with E-state index in [1.54, 1.807) is 14.2 Å². The van der Waals surface area contributed by atoms with Gasteiger partial charge in [0.2, 0.25) is 0 Å². The summed E-state index contributed by atoms with van der Waals surface area (Å²) in [4.78, 5) is 11.6. The highest BCUT2D eigenvalue weighted by atomic mass is 16.5. The Balaban J connectivity index is 2.87. The molecule has 0 saturated carbocycles. The number of methoxy groups -OCH3 is 1. The first-order valence-corrected chi connectivity index (χ1v) is 4.99. The highest BCUT2D eigenvalue weighted by Crippen LogP contribution is 2.16. The maximum Gasteiger partial charge on any atom is 0.176 e. The minimum absolute atomic E-state index is 0.0207. The van der Waals surface area contributed by atoms with Crippen LogP contribution >= 0.6 is 0 Å². The number of carbonyl (C=O) groups is 1. The van der Waals surface area contributed by atoms with Gasteiger partial charge in [-0.15, -0.1) is 0 Å². The highest BCUT2D eigenvalue weighted by Gasteiger charge is 2.08. The molecule has 0 fully saturated rings. The van der Waals surface area contributed by atoms with Gasteiger partial charge in [-0.2, -0.15) is 0 Å². The lowest BCUT2D eigenvalue weighted by Crippen LogP contribution is -2.18. The zero-order chi connectivity index (χ0) is 11.3. The number of hydrogen-bond acceptors (Lipinski definition) is 3. The van der Waals surface area contributed by atoms with E-state index in [9.17, 15) is 4.79 Å². The van der Waals surface area contributed by atoms with Crippen molar-refractivity contribution in [2.45, 2.75) is 13.0 Å². The summed E-state index contributed by atoms with van der Waals surface area (Å²) in [6, 6.07) is 7.55. The van der Waals surface area contributed by atoms with Crippen molar-refractivity contribution in [1.82, 2.24) is 5.32 Å². The van der Waals surface area contributed by atoms with Crippen LogP contribution < -0.4 is 5.32 Å². The third kappa shape index (κ3) is 3.15. The zero-order valence-corrected chi connectivity index (χ0v) is 9.41. The molecule has 0 aliphatic rings. The smallest absolute Gasteiger partial charge is 0.176 e. The molecule has 0 saturated heterocycles. The van der Waals surface area contributed by atoms with E-state index in [2.05, 4.69) is 5.32 Å². The Kier molecular flexibility index (Phi) is 4.46. The van der Waals surface area contributed by atoms with Gasteiger partial charge in [0.05, 0.1) is 12.6 Å². The molecule has 0 aliphatic heterocycles. The Morgan fingerprint density at radius 2 is 2.27 bits per heavy atom. The molecule has 1 aromatic rings. The number of hydrogen-bond donors (Lipinski definition) is 1. The van der Waals surface area contributed by atoms with E-state index in [4.69, 9.17) is 4.74 Å². The number of Topliss-reactive ketones (excluding diaryl/α,β-unsaturated/α-hetero) is 1. The monoisotopic (exact) mass is 207 g/mol. The van der Waals surface area contributed by atoms with E-state index >= 15 is 0 Å². The topological polar surface area (TPSA) is 38.3 Å². The van der Waals surface area contributed by atoms with Crippen molar-refractivity contribution in [3.8, 4) is 0 Å². The first kappa shape index (κ1) is 11.9. The predicted molar refractivity (Wildman–Crippen MR) is 60.1 cm³/mol. The average molecular weight is 207 g/mol. The maximum atomic E-state index is 11.6. The lowest BCUT2D eigenvalue weighted by Gasteiger charge is -2.10. The summed E-state index contributed by atoms with van der Waals surface area (Å²) in [5.41, 5.74) is 1.75. The predicted octanol–water partition coefficient (Wildman–Crippen LogP) is 1.80. The quantitative estimate of drug-likeness (QED) is 0.748. The van der Waals surface area contributed by atoms with Crippen molar-refractivity contribution in [3.05, 3.63) is 35.4 Å². The van der Waals surface area contributed by atoms with E-state index in [1.165, 1.54) is 0 Å². The van der Waals surface area contributed by atoms with Crippen LogP contribution in [0.2, 0.25) is 0 Å². The Morgan fingerprint density at radius 3 is 2.87 bits per heavy atom. The van der Waals surface area contributed by atoms with Gasteiger partial charge in [-0.3, -0.25) is 4.79 Å².